The lowest BCUT2D eigenvalue weighted by Gasteiger charge is -2.22. The third kappa shape index (κ3) is 2.95. The zero-order valence-electron chi connectivity index (χ0n) is 11.8. The molecule has 1 heterocycles. The molecule has 0 N–H and O–H groups in total. The Hall–Kier alpha value is -2.60. The molecule has 0 spiro atoms. The molecule has 0 bridgehead atoms. The summed E-state index contributed by atoms with van der Waals surface area (Å²) in [5.41, 5.74) is 3.52. The van der Waals surface area contributed by atoms with E-state index < -0.39 is 0 Å². The summed E-state index contributed by atoms with van der Waals surface area (Å²) in [6, 6.07) is 23.1. The van der Waals surface area contributed by atoms with Crippen LogP contribution in [0, 0.1) is 11.3 Å². The summed E-state index contributed by atoms with van der Waals surface area (Å²) < 4.78 is 0. The topological polar surface area (TPSA) is 39.4 Å². The van der Waals surface area contributed by atoms with Crippen LogP contribution >= 0.6 is 0 Å². The van der Waals surface area contributed by atoms with Gasteiger partial charge < -0.3 is 0 Å². The van der Waals surface area contributed by atoms with E-state index in [-0.39, 0.29) is 6.04 Å². The number of hydrogen-bond acceptors (Lipinski definition) is 3. The van der Waals surface area contributed by atoms with Crippen LogP contribution in [0.5, 0.6) is 0 Å². The lowest BCUT2D eigenvalue weighted by Crippen LogP contribution is -2.20. The van der Waals surface area contributed by atoms with Gasteiger partial charge in [-0.2, -0.15) is 10.4 Å². The first-order valence-electron chi connectivity index (χ1n) is 7.20. The Morgan fingerprint density at radius 3 is 2.38 bits per heavy atom. The van der Waals surface area contributed by atoms with Gasteiger partial charge in [0.2, 0.25) is 0 Å². The fraction of sp³-hybridized carbons (Fsp3) is 0.222. The average molecular weight is 275 g/mol. The summed E-state index contributed by atoms with van der Waals surface area (Å²) in [7, 11) is 0. The zero-order chi connectivity index (χ0) is 14.5. The predicted octanol–water partition coefficient (Wildman–Crippen LogP) is 3.75. The second kappa shape index (κ2) is 6.23. The molecule has 1 aliphatic rings. The monoisotopic (exact) mass is 275 g/mol. The Morgan fingerprint density at radius 2 is 1.71 bits per heavy atom. The van der Waals surface area contributed by atoms with Crippen LogP contribution in [0.15, 0.2) is 65.8 Å². The zero-order valence-corrected chi connectivity index (χ0v) is 11.8. The molecule has 2 aromatic rings. The summed E-state index contributed by atoms with van der Waals surface area (Å²) in [5.74, 6) is 0. The van der Waals surface area contributed by atoms with Crippen LogP contribution in [0.4, 0.5) is 0 Å². The largest absolute Gasteiger partial charge is 0.288 e. The van der Waals surface area contributed by atoms with E-state index in [0.717, 1.165) is 17.7 Å². The quantitative estimate of drug-likeness (QED) is 0.852. The Balaban J connectivity index is 1.87. The van der Waals surface area contributed by atoms with E-state index in [1.54, 1.807) is 0 Å². The summed E-state index contributed by atoms with van der Waals surface area (Å²) in [5, 5.41) is 15.7. The van der Waals surface area contributed by atoms with E-state index in [1.165, 1.54) is 5.56 Å². The normalized spacial score (nSPS) is 17.4. The molecule has 0 unspecified atom stereocenters. The molecule has 104 valence electrons. The van der Waals surface area contributed by atoms with Crippen molar-refractivity contribution in [3.8, 4) is 6.07 Å². The van der Waals surface area contributed by atoms with Gasteiger partial charge in [0.25, 0.3) is 0 Å². The van der Waals surface area contributed by atoms with Crippen LogP contribution in [0.2, 0.25) is 0 Å². The van der Waals surface area contributed by atoms with Crippen molar-refractivity contribution in [2.24, 2.45) is 5.10 Å². The fourth-order valence-corrected chi connectivity index (χ4v) is 2.70. The molecule has 1 aliphatic heterocycles. The summed E-state index contributed by atoms with van der Waals surface area (Å²) >= 11 is 0. The number of benzene rings is 2. The molecule has 2 aromatic carbocycles. The van der Waals surface area contributed by atoms with Gasteiger partial charge in [-0.15, -0.1) is 0 Å². The number of nitriles is 1. The second-order valence-corrected chi connectivity index (χ2v) is 5.11. The van der Waals surface area contributed by atoms with E-state index in [2.05, 4.69) is 47.5 Å². The van der Waals surface area contributed by atoms with Crippen molar-refractivity contribution in [1.82, 2.24) is 5.01 Å². The van der Waals surface area contributed by atoms with Gasteiger partial charge in [-0.1, -0.05) is 60.7 Å². The molecule has 3 rings (SSSR count). The highest BCUT2D eigenvalue weighted by molar-refractivity contribution is 6.01. The van der Waals surface area contributed by atoms with Crippen LogP contribution in [0.3, 0.4) is 0 Å². The van der Waals surface area contributed by atoms with Gasteiger partial charge in [-0.25, -0.2) is 0 Å². The second-order valence-electron chi connectivity index (χ2n) is 5.11. The van der Waals surface area contributed by atoms with Crippen LogP contribution in [-0.4, -0.2) is 17.3 Å². The van der Waals surface area contributed by atoms with Crippen LogP contribution in [-0.2, 0) is 0 Å². The summed E-state index contributed by atoms with van der Waals surface area (Å²) in [4.78, 5) is 0. The average Bonchev–Trinajstić information content (AvgIpc) is 2.99. The molecule has 0 aromatic heterocycles. The first kappa shape index (κ1) is 13.4. The lowest BCUT2D eigenvalue weighted by atomic mass is 9.98. The van der Waals surface area contributed by atoms with Crippen LogP contribution < -0.4 is 0 Å². The highest BCUT2D eigenvalue weighted by Crippen LogP contribution is 2.32. The standard InChI is InChI=1S/C18H17N3/c19-12-7-13-21-18(16-10-5-2-6-11-16)14-17(20-21)15-8-3-1-4-9-15/h1-6,8-11,18H,7,13-14H2/t18-/m1/s1. The van der Waals surface area contributed by atoms with Gasteiger partial charge >= 0.3 is 0 Å². The smallest absolute Gasteiger partial charge is 0.0776 e. The number of rotatable bonds is 4. The Bertz CT molecular complexity index is 656. The van der Waals surface area contributed by atoms with E-state index in [9.17, 15) is 0 Å². The molecule has 0 fully saturated rings. The fourth-order valence-electron chi connectivity index (χ4n) is 2.70. The van der Waals surface area contributed by atoms with Gasteiger partial charge in [0, 0.05) is 13.0 Å². The Kier molecular flexibility index (Phi) is 3.97. The number of nitrogens with zero attached hydrogens (tertiary/aromatic N) is 3. The minimum Gasteiger partial charge on any atom is -0.288 e. The highest BCUT2D eigenvalue weighted by Gasteiger charge is 2.28. The molecule has 0 aliphatic carbocycles. The SMILES string of the molecule is N#CCCN1N=C(c2ccccc2)C[C@@H]1c1ccccc1. The minimum absolute atomic E-state index is 0.231. The molecular weight excluding hydrogens is 258 g/mol. The molecular formula is C18H17N3. The van der Waals surface area contributed by atoms with Crippen molar-refractivity contribution >= 4 is 5.71 Å². The van der Waals surface area contributed by atoms with Crippen LogP contribution in [0.25, 0.3) is 0 Å². The number of hydrazone groups is 1. The van der Waals surface area contributed by atoms with Gasteiger partial charge in [-0.05, 0) is 11.1 Å². The Labute approximate surface area is 125 Å². The Morgan fingerprint density at radius 1 is 1.05 bits per heavy atom. The molecule has 0 saturated carbocycles. The first-order chi connectivity index (χ1) is 10.4. The van der Waals surface area contributed by atoms with Crippen molar-refractivity contribution in [3.05, 3.63) is 71.8 Å². The van der Waals surface area contributed by atoms with Gasteiger partial charge in [0.05, 0.1) is 24.2 Å². The van der Waals surface area contributed by atoms with E-state index >= 15 is 0 Å². The summed E-state index contributed by atoms with van der Waals surface area (Å²) in [6.45, 7) is 0.673. The summed E-state index contributed by atoms with van der Waals surface area (Å²) in [6.07, 6.45) is 1.38. The van der Waals surface area contributed by atoms with E-state index in [1.807, 2.05) is 24.3 Å². The third-order valence-corrected chi connectivity index (χ3v) is 3.74. The van der Waals surface area contributed by atoms with Crippen molar-refractivity contribution in [2.45, 2.75) is 18.9 Å². The molecule has 3 heteroatoms. The van der Waals surface area contributed by atoms with Gasteiger partial charge in [-0.3, -0.25) is 5.01 Å². The first-order valence-corrected chi connectivity index (χ1v) is 7.20. The molecule has 0 amide bonds. The van der Waals surface area contributed by atoms with Gasteiger partial charge in [0.1, 0.15) is 0 Å². The maximum Gasteiger partial charge on any atom is 0.0776 e. The maximum atomic E-state index is 8.84. The number of hydrogen-bond donors (Lipinski definition) is 0. The minimum atomic E-state index is 0.231. The lowest BCUT2D eigenvalue weighted by molar-refractivity contribution is 0.239. The molecule has 3 nitrogen and oxygen atoms in total. The van der Waals surface area contributed by atoms with E-state index in [0.29, 0.717) is 13.0 Å². The molecule has 21 heavy (non-hydrogen) atoms. The van der Waals surface area contributed by atoms with Crippen molar-refractivity contribution < 1.29 is 0 Å². The highest BCUT2D eigenvalue weighted by atomic mass is 15.5. The van der Waals surface area contributed by atoms with Crippen molar-refractivity contribution in [3.63, 3.8) is 0 Å². The predicted molar refractivity (Wildman–Crippen MR) is 83.7 cm³/mol. The third-order valence-electron chi connectivity index (χ3n) is 3.74. The van der Waals surface area contributed by atoms with Gasteiger partial charge in [0.15, 0.2) is 0 Å². The molecule has 0 radical (unpaired) electrons. The van der Waals surface area contributed by atoms with Crippen molar-refractivity contribution in [2.75, 3.05) is 6.54 Å². The van der Waals surface area contributed by atoms with Crippen LogP contribution in [0.1, 0.15) is 30.0 Å². The molecule has 1 atom stereocenters. The molecule has 0 saturated heterocycles. The van der Waals surface area contributed by atoms with Crippen molar-refractivity contribution in [1.29, 1.82) is 5.26 Å². The van der Waals surface area contributed by atoms with E-state index in [4.69, 9.17) is 10.4 Å². The maximum absolute atomic E-state index is 8.84.